The Morgan fingerprint density at radius 2 is 1.39 bits per heavy atom. The van der Waals surface area contributed by atoms with E-state index in [4.69, 9.17) is 20.4 Å². The van der Waals surface area contributed by atoms with Gasteiger partial charge in [-0.05, 0) is 19.1 Å². The average Bonchev–Trinajstić information content (AvgIpc) is 2.48. The molecule has 0 amide bonds. The van der Waals surface area contributed by atoms with Gasteiger partial charge in [0.05, 0.1) is 25.4 Å². The van der Waals surface area contributed by atoms with Gasteiger partial charge in [-0.1, -0.05) is 6.07 Å². The lowest BCUT2D eigenvalue weighted by Gasteiger charge is -2.17. The maximum absolute atomic E-state index is 10.9. The van der Waals surface area contributed by atoms with Crippen LogP contribution in [-0.2, 0) is 0 Å². The Kier molecular flexibility index (Phi) is 10.5. The number of aromatic carboxylic acids is 1. The van der Waals surface area contributed by atoms with Crippen LogP contribution in [0.15, 0.2) is 18.2 Å². The molecule has 0 aliphatic carbocycles. The number of carbonyl (C=O) groups excluding carboxylic acids is 1. The first kappa shape index (κ1) is 21.0. The van der Waals surface area contributed by atoms with Crippen LogP contribution in [0.1, 0.15) is 27.6 Å². The fourth-order valence-corrected chi connectivity index (χ4v) is 1.76. The molecule has 1 aromatic carbocycles. The van der Waals surface area contributed by atoms with Crippen LogP contribution >= 0.6 is 0 Å². The van der Waals surface area contributed by atoms with E-state index in [-0.39, 0.29) is 36.7 Å². The van der Waals surface area contributed by atoms with Gasteiger partial charge in [-0.25, -0.2) is 4.79 Å². The van der Waals surface area contributed by atoms with E-state index in [0.29, 0.717) is 19.6 Å². The zero-order chi connectivity index (χ0) is 17.8. The summed E-state index contributed by atoms with van der Waals surface area (Å²) in [7, 11) is 0. The predicted molar refractivity (Wildman–Crippen MR) is 82.8 cm³/mol. The molecule has 8 nitrogen and oxygen atoms in total. The summed E-state index contributed by atoms with van der Waals surface area (Å²) in [5.74, 6) is -2.08. The number of hydrogen-bond acceptors (Lipinski definition) is 7. The highest BCUT2D eigenvalue weighted by atomic mass is 16.4. The van der Waals surface area contributed by atoms with E-state index in [1.54, 1.807) is 4.90 Å². The van der Waals surface area contributed by atoms with Gasteiger partial charge in [0.15, 0.2) is 5.78 Å². The molecule has 0 aliphatic heterocycles. The minimum absolute atomic E-state index is 0.0277. The number of aliphatic hydroxyl groups is 3. The third-order valence-corrected chi connectivity index (χ3v) is 2.89. The van der Waals surface area contributed by atoms with E-state index in [1.165, 1.54) is 25.1 Å². The molecule has 1 aromatic rings. The molecular weight excluding hydrogens is 306 g/mol. The molecule has 5 N–H and O–H groups in total. The van der Waals surface area contributed by atoms with Crippen LogP contribution in [0.5, 0.6) is 5.75 Å². The van der Waals surface area contributed by atoms with E-state index in [9.17, 15) is 14.7 Å². The van der Waals surface area contributed by atoms with E-state index in [0.717, 1.165) is 0 Å². The number of Topliss-reactive ketones (excluding diaryl/α,β-unsaturated/α-hetero) is 1. The molecule has 0 radical (unpaired) electrons. The van der Waals surface area contributed by atoms with Gasteiger partial charge in [0, 0.05) is 19.6 Å². The predicted octanol–water partition coefficient (Wildman–Crippen LogP) is -0.442. The number of carboxylic acids is 1. The maximum Gasteiger partial charge on any atom is 0.339 e. The summed E-state index contributed by atoms with van der Waals surface area (Å²) in [4.78, 5) is 23.2. The number of carbonyl (C=O) groups is 2. The van der Waals surface area contributed by atoms with E-state index < -0.39 is 11.7 Å². The zero-order valence-corrected chi connectivity index (χ0v) is 13.0. The monoisotopic (exact) mass is 329 g/mol. The lowest BCUT2D eigenvalue weighted by Crippen LogP contribution is -2.32. The quantitative estimate of drug-likeness (QED) is 0.405. The summed E-state index contributed by atoms with van der Waals surface area (Å²) in [6.07, 6.45) is 0. The summed E-state index contributed by atoms with van der Waals surface area (Å²) in [5.41, 5.74) is -0.229. The number of para-hydroxylation sites is 1. The number of rotatable bonds is 8. The molecule has 0 aromatic heterocycles. The van der Waals surface area contributed by atoms with Gasteiger partial charge in [-0.2, -0.15) is 0 Å². The maximum atomic E-state index is 10.9. The summed E-state index contributed by atoms with van der Waals surface area (Å²) in [6, 6.07) is 4.04. The average molecular weight is 329 g/mol. The lowest BCUT2D eigenvalue weighted by atomic mass is 10.1. The molecular formula is C15H23NO7. The van der Waals surface area contributed by atoms with Crippen LogP contribution in [0.25, 0.3) is 0 Å². The molecule has 0 saturated heterocycles. The van der Waals surface area contributed by atoms with Gasteiger partial charge < -0.3 is 25.5 Å². The Balaban J connectivity index is 0.000000438. The van der Waals surface area contributed by atoms with Gasteiger partial charge in [0.2, 0.25) is 0 Å². The van der Waals surface area contributed by atoms with Gasteiger partial charge >= 0.3 is 5.97 Å². The van der Waals surface area contributed by atoms with E-state index in [2.05, 4.69) is 0 Å². The van der Waals surface area contributed by atoms with Crippen molar-refractivity contribution in [1.82, 2.24) is 4.90 Å². The Bertz CT molecular complexity index is 458. The number of aliphatic hydroxyl groups excluding tert-OH is 3. The van der Waals surface area contributed by atoms with E-state index in [1.807, 2.05) is 0 Å². The van der Waals surface area contributed by atoms with Crippen molar-refractivity contribution in [3.05, 3.63) is 29.3 Å². The third-order valence-electron chi connectivity index (χ3n) is 2.89. The second kappa shape index (κ2) is 11.6. The van der Waals surface area contributed by atoms with Crippen LogP contribution < -0.4 is 0 Å². The van der Waals surface area contributed by atoms with Gasteiger partial charge in [0.1, 0.15) is 11.3 Å². The van der Waals surface area contributed by atoms with E-state index >= 15 is 0 Å². The van der Waals surface area contributed by atoms with Gasteiger partial charge in [-0.3, -0.25) is 9.69 Å². The number of nitrogens with zero attached hydrogens (tertiary/aromatic N) is 1. The SMILES string of the molecule is CC(=O)c1cccc(C(=O)O)c1O.OCCN(CCO)CCO. The number of ketones is 1. The number of carboxylic acid groups (broad SMARTS) is 1. The Hall–Kier alpha value is -2.00. The fraction of sp³-hybridized carbons (Fsp3) is 0.467. The zero-order valence-electron chi connectivity index (χ0n) is 13.0. The fourth-order valence-electron chi connectivity index (χ4n) is 1.76. The molecule has 130 valence electrons. The van der Waals surface area contributed by atoms with Crippen LogP contribution in [0.4, 0.5) is 0 Å². The molecule has 0 saturated carbocycles. The molecule has 0 heterocycles. The van der Waals surface area contributed by atoms with Gasteiger partial charge in [-0.15, -0.1) is 0 Å². The van der Waals surface area contributed by atoms with Crippen LogP contribution in [-0.4, -0.2) is 81.6 Å². The van der Waals surface area contributed by atoms with Crippen molar-refractivity contribution in [3.8, 4) is 5.75 Å². The van der Waals surface area contributed by atoms with Crippen LogP contribution in [0.2, 0.25) is 0 Å². The highest BCUT2D eigenvalue weighted by Gasteiger charge is 2.14. The van der Waals surface area contributed by atoms with Crippen molar-refractivity contribution in [2.75, 3.05) is 39.5 Å². The minimum atomic E-state index is -1.25. The highest BCUT2D eigenvalue weighted by Crippen LogP contribution is 2.22. The molecule has 0 spiro atoms. The van der Waals surface area contributed by atoms with Gasteiger partial charge in [0.25, 0.3) is 0 Å². The number of aromatic hydroxyl groups is 1. The second-order valence-corrected chi connectivity index (χ2v) is 4.58. The molecule has 8 heteroatoms. The summed E-state index contributed by atoms with van der Waals surface area (Å²) >= 11 is 0. The number of hydrogen-bond donors (Lipinski definition) is 5. The van der Waals surface area contributed by atoms with Crippen molar-refractivity contribution < 1.29 is 35.1 Å². The van der Waals surface area contributed by atoms with Crippen molar-refractivity contribution in [1.29, 1.82) is 0 Å². The normalized spacial score (nSPS) is 10.1. The van der Waals surface area contributed by atoms with Crippen molar-refractivity contribution in [2.45, 2.75) is 6.92 Å². The summed E-state index contributed by atoms with van der Waals surface area (Å²) < 4.78 is 0. The molecule has 0 atom stereocenters. The Morgan fingerprint density at radius 3 is 1.74 bits per heavy atom. The largest absolute Gasteiger partial charge is 0.506 e. The smallest absolute Gasteiger partial charge is 0.339 e. The molecule has 0 bridgehead atoms. The molecule has 23 heavy (non-hydrogen) atoms. The Morgan fingerprint density at radius 1 is 0.957 bits per heavy atom. The molecule has 1 rings (SSSR count). The number of benzene rings is 1. The minimum Gasteiger partial charge on any atom is -0.506 e. The van der Waals surface area contributed by atoms with Crippen molar-refractivity contribution in [2.24, 2.45) is 0 Å². The second-order valence-electron chi connectivity index (χ2n) is 4.58. The number of phenols is 1. The Labute approximate surface area is 134 Å². The van der Waals surface area contributed by atoms with Crippen LogP contribution in [0.3, 0.4) is 0 Å². The first-order valence-electron chi connectivity index (χ1n) is 7.00. The topological polar surface area (TPSA) is 139 Å². The lowest BCUT2D eigenvalue weighted by molar-refractivity contribution is 0.0693. The summed E-state index contributed by atoms with van der Waals surface area (Å²) in [5, 5.41) is 43.4. The molecule has 0 unspecified atom stereocenters. The third kappa shape index (κ3) is 7.71. The van der Waals surface area contributed by atoms with Crippen LogP contribution in [0, 0.1) is 0 Å². The standard InChI is InChI=1S/C9H8O4.C6H15NO3/c1-5(10)6-3-2-4-7(8(6)11)9(12)13;8-4-1-7(2-5-9)3-6-10/h2-4,11H,1H3,(H,12,13);8-10H,1-6H2. The first-order chi connectivity index (χ1) is 10.9. The highest BCUT2D eigenvalue weighted by molar-refractivity contribution is 6.01. The summed E-state index contributed by atoms with van der Waals surface area (Å²) in [6.45, 7) is 3.02. The van der Waals surface area contributed by atoms with Crippen molar-refractivity contribution in [3.63, 3.8) is 0 Å². The molecule has 0 fully saturated rings. The first-order valence-corrected chi connectivity index (χ1v) is 7.00. The molecule has 0 aliphatic rings. The van der Waals surface area contributed by atoms with Crippen molar-refractivity contribution >= 4 is 11.8 Å².